The summed E-state index contributed by atoms with van der Waals surface area (Å²) in [6.07, 6.45) is 1.54. The first-order valence-corrected chi connectivity index (χ1v) is 5.84. The second-order valence-electron chi connectivity index (χ2n) is 3.74. The Bertz CT molecular complexity index is 557. The third-order valence-electron chi connectivity index (χ3n) is 2.45. The summed E-state index contributed by atoms with van der Waals surface area (Å²) in [5.41, 5.74) is 4.07. The summed E-state index contributed by atoms with van der Waals surface area (Å²) in [5.74, 6) is 5.35. The molecule has 0 aliphatic rings. The molecule has 2 aromatic rings. The summed E-state index contributed by atoms with van der Waals surface area (Å²) < 4.78 is 19.0. The van der Waals surface area contributed by atoms with E-state index in [2.05, 4.69) is 19.6 Å². The number of hydrazine groups is 1. The average Bonchev–Trinajstić information content (AvgIpc) is 2.34. The number of nitrogens with two attached hydrogens (primary N) is 1. The van der Waals surface area contributed by atoms with Crippen LogP contribution in [0.5, 0.6) is 11.6 Å². The second kappa shape index (κ2) is 5.29. The molecule has 1 aromatic heterocycles. The van der Waals surface area contributed by atoms with Crippen LogP contribution < -0.4 is 21.3 Å². The Labute approximate surface area is 107 Å². The fourth-order valence-corrected chi connectivity index (χ4v) is 1.78. The van der Waals surface area contributed by atoms with E-state index in [9.17, 15) is 4.39 Å². The molecule has 0 saturated heterocycles. The fraction of sp³-hybridized carbons (Fsp3) is 0.0833. The van der Waals surface area contributed by atoms with Crippen molar-refractivity contribution in [3.8, 4) is 11.6 Å². The van der Waals surface area contributed by atoms with Gasteiger partial charge in [-0.3, -0.25) is 5.84 Å². The van der Waals surface area contributed by atoms with Crippen LogP contribution in [0.1, 0.15) is 5.56 Å². The number of aromatic nitrogens is 1. The van der Waals surface area contributed by atoms with Crippen LogP contribution in [-0.2, 0) is 0 Å². The molecule has 1 aromatic carbocycles. The third-order valence-corrected chi connectivity index (χ3v) is 2.90. The number of hydrogen-bond acceptors (Lipinski definition) is 4. The van der Waals surface area contributed by atoms with Gasteiger partial charge < -0.3 is 10.2 Å². The molecule has 1 heterocycles. The molecule has 0 bridgehead atoms. The lowest BCUT2D eigenvalue weighted by Gasteiger charge is -2.10. The number of anilines is 1. The van der Waals surface area contributed by atoms with E-state index < -0.39 is 5.82 Å². The van der Waals surface area contributed by atoms with Crippen LogP contribution >= 0.6 is 9.24 Å². The van der Waals surface area contributed by atoms with Gasteiger partial charge in [-0.1, -0.05) is 12.1 Å². The molecule has 6 heteroatoms. The Kier molecular flexibility index (Phi) is 3.75. The van der Waals surface area contributed by atoms with Gasteiger partial charge in [-0.15, -0.1) is 9.24 Å². The number of rotatable bonds is 3. The molecule has 0 aliphatic heterocycles. The molecule has 1 atom stereocenters. The molecule has 0 spiro atoms. The number of ether oxygens (including phenoxy) is 1. The van der Waals surface area contributed by atoms with E-state index in [1.165, 1.54) is 12.3 Å². The zero-order valence-corrected chi connectivity index (χ0v) is 10.9. The SMILES string of the molecule is Cc1cc(Oc2c(F)cccc2P)ncc1NN. The highest BCUT2D eigenvalue weighted by molar-refractivity contribution is 7.27. The minimum atomic E-state index is -0.428. The molecule has 0 aliphatic carbocycles. The Hall–Kier alpha value is -1.71. The van der Waals surface area contributed by atoms with Crippen LogP contribution in [0.2, 0.25) is 0 Å². The number of nitrogens with one attached hydrogen (secondary N) is 1. The van der Waals surface area contributed by atoms with Gasteiger partial charge in [-0.05, 0) is 18.6 Å². The van der Waals surface area contributed by atoms with Gasteiger partial charge >= 0.3 is 0 Å². The molecular weight excluding hydrogens is 252 g/mol. The van der Waals surface area contributed by atoms with Crippen molar-refractivity contribution in [1.29, 1.82) is 0 Å². The maximum Gasteiger partial charge on any atom is 0.219 e. The zero-order valence-electron chi connectivity index (χ0n) is 9.77. The normalized spacial score (nSPS) is 10.2. The number of pyridine rings is 1. The highest BCUT2D eigenvalue weighted by Crippen LogP contribution is 2.25. The molecule has 0 amide bonds. The van der Waals surface area contributed by atoms with Crippen LogP contribution in [0.15, 0.2) is 30.5 Å². The van der Waals surface area contributed by atoms with Gasteiger partial charge in [0.05, 0.1) is 11.9 Å². The van der Waals surface area contributed by atoms with Crippen molar-refractivity contribution in [3.05, 3.63) is 41.8 Å². The number of nitrogens with zero attached hydrogens (tertiary/aromatic N) is 1. The minimum Gasteiger partial charge on any atom is -0.435 e. The zero-order chi connectivity index (χ0) is 13.1. The van der Waals surface area contributed by atoms with Crippen LogP contribution in [-0.4, -0.2) is 4.98 Å². The van der Waals surface area contributed by atoms with E-state index in [0.29, 0.717) is 16.9 Å². The highest BCUT2D eigenvalue weighted by Gasteiger charge is 2.09. The molecule has 0 saturated carbocycles. The molecule has 18 heavy (non-hydrogen) atoms. The summed E-state index contributed by atoms with van der Waals surface area (Å²) >= 11 is 0. The largest absolute Gasteiger partial charge is 0.435 e. The van der Waals surface area contributed by atoms with Crippen LogP contribution in [0, 0.1) is 12.7 Å². The van der Waals surface area contributed by atoms with Gasteiger partial charge in [-0.2, -0.15) is 0 Å². The maximum absolute atomic E-state index is 13.6. The van der Waals surface area contributed by atoms with Gasteiger partial charge in [0.1, 0.15) is 0 Å². The summed E-state index contributed by atoms with van der Waals surface area (Å²) in [6.45, 7) is 1.85. The standard InChI is InChI=1S/C12H13FN3OP/c1-7-5-11(15-6-9(7)16-14)17-12-8(13)3-2-4-10(12)18/h2-6,16H,14,18H2,1H3. The predicted molar refractivity (Wildman–Crippen MR) is 72.6 cm³/mol. The lowest BCUT2D eigenvalue weighted by molar-refractivity contribution is 0.431. The lowest BCUT2D eigenvalue weighted by atomic mass is 10.2. The van der Waals surface area contributed by atoms with E-state index >= 15 is 0 Å². The second-order valence-corrected chi connectivity index (χ2v) is 4.36. The molecule has 2 rings (SSSR count). The number of benzene rings is 1. The van der Waals surface area contributed by atoms with E-state index in [1.807, 2.05) is 6.92 Å². The van der Waals surface area contributed by atoms with Crippen molar-refractivity contribution in [2.24, 2.45) is 5.84 Å². The van der Waals surface area contributed by atoms with Crippen molar-refractivity contribution in [2.45, 2.75) is 6.92 Å². The van der Waals surface area contributed by atoms with Crippen LogP contribution in [0.25, 0.3) is 0 Å². The van der Waals surface area contributed by atoms with E-state index in [1.54, 1.807) is 18.2 Å². The third kappa shape index (κ3) is 2.58. The first kappa shape index (κ1) is 12.7. The van der Waals surface area contributed by atoms with E-state index in [-0.39, 0.29) is 5.75 Å². The Morgan fingerprint density at radius 2 is 2.22 bits per heavy atom. The summed E-state index contributed by atoms with van der Waals surface area (Å²) in [7, 11) is 2.42. The Morgan fingerprint density at radius 3 is 2.83 bits per heavy atom. The van der Waals surface area contributed by atoms with Gasteiger partial charge in [0, 0.05) is 11.4 Å². The molecule has 0 fully saturated rings. The minimum absolute atomic E-state index is 0.155. The van der Waals surface area contributed by atoms with E-state index in [4.69, 9.17) is 10.6 Å². The number of hydrogen-bond donors (Lipinski definition) is 2. The van der Waals surface area contributed by atoms with Crippen LogP contribution in [0.4, 0.5) is 10.1 Å². The molecule has 94 valence electrons. The number of aryl methyl sites for hydroxylation is 1. The maximum atomic E-state index is 13.6. The average molecular weight is 265 g/mol. The Balaban J connectivity index is 2.32. The fourth-order valence-electron chi connectivity index (χ4n) is 1.47. The molecule has 0 radical (unpaired) electrons. The number of halogens is 1. The summed E-state index contributed by atoms with van der Waals surface area (Å²) in [5, 5.41) is 0.635. The van der Waals surface area contributed by atoms with Gasteiger partial charge in [-0.25, -0.2) is 9.37 Å². The lowest BCUT2D eigenvalue weighted by Crippen LogP contribution is -2.09. The topological polar surface area (TPSA) is 60.2 Å². The van der Waals surface area contributed by atoms with Crippen molar-refractivity contribution in [1.82, 2.24) is 4.98 Å². The monoisotopic (exact) mass is 265 g/mol. The van der Waals surface area contributed by atoms with Gasteiger partial charge in [0.2, 0.25) is 5.88 Å². The van der Waals surface area contributed by atoms with Crippen molar-refractivity contribution in [2.75, 3.05) is 5.43 Å². The molecule has 4 nitrogen and oxygen atoms in total. The van der Waals surface area contributed by atoms with Crippen molar-refractivity contribution >= 4 is 20.2 Å². The predicted octanol–water partition coefficient (Wildman–Crippen LogP) is 2.11. The number of nitrogen functional groups attached to an aromatic ring is 1. The van der Waals surface area contributed by atoms with Crippen molar-refractivity contribution < 1.29 is 9.13 Å². The van der Waals surface area contributed by atoms with Crippen LogP contribution in [0.3, 0.4) is 0 Å². The molecule has 3 N–H and O–H groups in total. The summed E-state index contributed by atoms with van der Waals surface area (Å²) in [6, 6.07) is 6.38. The van der Waals surface area contributed by atoms with Gasteiger partial charge in [0.15, 0.2) is 11.6 Å². The molecular formula is C12H13FN3OP. The quantitative estimate of drug-likeness (QED) is 0.507. The highest BCUT2D eigenvalue weighted by atomic mass is 31.0. The Morgan fingerprint density at radius 1 is 1.44 bits per heavy atom. The number of para-hydroxylation sites is 1. The van der Waals surface area contributed by atoms with E-state index in [0.717, 1.165) is 5.56 Å². The smallest absolute Gasteiger partial charge is 0.219 e. The first-order chi connectivity index (χ1) is 8.61. The summed E-state index contributed by atoms with van der Waals surface area (Å²) in [4.78, 5) is 4.05. The van der Waals surface area contributed by atoms with Gasteiger partial charge in [0.25, 0.3) is 0 Å². The van der Waals surface area contributed by atoms with Crippen molar-refractivity contribution in [3.63, 3.8) is 0 Å². The molecule has 1 unspecified atom stereocenters. The first-order valence-electron chi connectivity index (χ1n) is 5.27.